The molecule has 0 bridgehead atoms. The zero-order valence-corrected chi connectivity index (χ0v) is 14.6. The van der Waals surface area contributed by atoms with E-state index < -0.39 is 23.4 Å². The monoisotopic (exact) mass is 353 g/mol. The molecule has 3 N–H and O–H groups in total. The molecule has 0 unspecified atom stereocenters. The maximum absolute atomic E-state index is 13.4. The van der Waals surface area contributed by atoms with Crippen LogP contribution in [0.25, 0.3) is 0 Å². The van der Waals surface area contributed by atoms with Crippen molar-refractivity contribution in [3.05, 3.63) is 35.6 Å². The van der Waals surface area contributed by atoms with Gasteiger partial charge in [-0.2, -0.15) is 0 Å². The molecule has 1 aromatic rings. The van der Waals surface area contributed by atoms with E-state index in [1.807, 2.05) is 0 Å². The molecule has 0 radical (unpaired) electrons. The second kappa shape index (κ2) is 9.61. The molecular weight excluding hydrogens is 329 g/mol. The smallest absolute Gasteiger partial charge is 0.408 e. The molecule has 0 saturated heterocycles. The Hall–Kier alpha value is -2.64. The van der Waals surface area contributed by atoms with Crippen LogP contribution in [0.5, 0.6) is 0 Å². The Morgan fingerprint density at radius 2 is 1.60 bits per heavy atom. The molecule has 1 aromatic carbocycles. The van der Waals surface area contributed by atoms with Gasteiger partial charge < -0.3 is 20.7 Å². The van der Waals surface area contributed by atoms with Gasteiger partial charge in [0, 0.05) is 13.1 Å². The van der Waals surface area contributed by atoms with Crippen molar-refractivity contribution in [1.82, 2.24) is 16.0 Å². The van der Waals surface area contributed by atoms with Crippen LogP contribution in [-0.4, -0.2) is 43.1 Å². The Kier molecular flexibility index (Phi) is 7.84. The van der Waals surface area contributed by atoms with Gasteiger partial charge in [-0.05, 0) is 32.4 Å². The first kappa shape index (κ1) is 20.4. The maximum atomic E-state index is 13.4. The third kappa shape index (κ3) is 9.29. The van der Waals surface area contributed by atoms with Crippen molar-refractivity contribution in [2.45, 2.75) is 32.8 Å². The van der Waals surface area contributed by atoms with E-state index in [0.29, 0.717) is 5.56 Å². The topological polar surface area (TPSA) is 96.5 Å². The van der Waals surface area contributed by atoms with Crippen LogP contribution in [0.1, 0.15) is 26.3 Å². The number of carbonyl (C=O) groups excluding carboxylic acids is 3. The zero-order valence-electron chi connectivity index (χ0n) is 14.6. The lowest BCUT2D eigenvalue weighted by Gasteiger charge is -2.19. The number of amides is 3. The van der Waals surface area contributed by atoms with Crippen molar-refractivity contribution in [2.75, 3.05) is 19.6 Å². The zero-order chi connectivity index (χ0) is 18.9. The van der Waals surface area contributed by atoms with E-state index in [9.17, 15) is 18.8 Å². The van der Waals surface area contributed by atoms with Crippen LogP contribution in [0.3, 0.4) is 0 Å². The Labute approximate surface area is 146 Å². The van der Waals surface area contributed by atoms with Gasteiger partial charge in [-0.15, -0.1) is 0 Å². The van der Waals surface area contributed by atoms with Gasteiger partial charge in [0.1, 0.15) is 11.4 Å². The van der Waals surface area contributed by atoms with Crippen LogP contribution in [0.15, 0.2) is 24.3 Å². The number of halogens is 1. The van der Waals surface area contributed by atoms with E-state index >= 15 is 0 Å². The molecule has 0 saturated carbocycles. The molecule has 0 atom stereocenters. The molecule has 7 nitrogen and oxygen atoms in total. The Balaban J connectivity index is 2.16. The summed E-state index contributed by atoms with van der Waals surface area (Å²) < 4.78 is 18.4. The van der Waals surface area contributed by atoms with Gasteiger partial charge in [-0.1, -0.05) is 18.2 Å². The number of alkyl carbamates (subject to hydrolysis) is 1. The van der Waals surface area contributed by atoms with Gasteiger partial charge in [0.15, 0.2) is 0 Å². The average molecular weight is 353 g/mol. The van der Waals surface area contributed by atoms with Crippen molar-refractivity contribution in [3.63, 3.8) is 0 Å². The molecular formula is C17H24FN3O4. The van der Waals surface area contributed by atoms with Crippen molar-refractivity contribution in [1.29, 1.82) is 0 Å². The van der Waals surface area contributed by atoms with Gasteiger partial charge in [0.25, 0.3) is 0 Å². The normalized spacial score (nSPS) is 10.7. The molecule has 0 fully saturated rings. The lowest BCUT2D eigenvalue weighted by atomic mass is 10.1. The molecule has 3 amide bonds. The number of hydrogen-bond acceptors (Lipinski definition) is 4. The number of nitrogens with one attached hydrogen (secondary N) is 3. The van der Waals surface area contributed by atoms with Crippen molar-refractivity contribution >= 4 is 17.9 Å². The molecule has 0 aliphatic heterocycles. The van der Waals surface area contributed by atoms with Crippen LogP contribution in [0, 0.1) is 5.82 Å². The summed E-state index contributed by atoms with van der Waals surface area (Å²) in [6, 6.07) is 6.04. The summed E-state index contributed by atoms with van der Waals surface area (Å²) in [5.74, 6) is -1.18. The Bertz CT molecular complexity index is 614. The molecule has 1 rings (SSSR count). The maximum Gasteiger partial charge on any atom is 0.408 e. The lowest BCUT2D eigenvalue weighted by molar-refractivity contribution is -0.122. The summed E-state index contributed by atoms with van der Waals surface area (Å²) >= 11 is 0. The van der Waals surface area contributed by atoms with Crippen LogP contribution in [0.2, 0.25) is 0 Å². The van der Waals surface area contributed by atoms with Gasteiger partial charge in [0.2, 0.25) is 11.8 Å². The highest BCUT2D eigenvalue weighted by atomic mass is 19.1. The molecule has 0 spiro atoms. The third-order valence-electron chi connectivity index (χ3n) is 2.87. The standard InChI is InChI=1S/C17H24FN3O4/c1-17(2,3)25-16(24)21-11-15(23)20-9-8-19-14(22)10-12-6-4-5-7-13(12)18/h4-7H,8-11H2,1-3H3,(H,19,22)(H,20,23)(H,21,24). The second-order valence-electron chi connectivity index (χ2n) is 6.32. The fraction of sp³-hybridized carbons (Fsp3) is 0.471. The fourth-order valence-corrected chi connectivity index (χ4v) is 1.81. The number of carbonyl (C=O) groups is 3. The molecule has 138 valence electrons. The highest BCUT2D eigenvalue weighted by molar-refractivity contribution is 5.82. The highest BCUT2D eigenvalue weighted by Gasteiger charge is 2.16. The quantitative estimate of drug-likeness (QED) is 0.640. The summed E-state index contributed by atoms with van der Waals surface area (Å²) in [6.45, 7) is 5.32. The number of rotatable bonds is 7. The predicted octanol–water partition coefficient (Wildman–Crippen LogP) is 1.13. The fourth-order valence-electron chi connectivity index (χ4n) is 1.81. The number of ether oxygens (including phenoxy) is 1. The van der Waals surface area contributed by atoms with E-state index in [1.54, 1.807) is 39.0 Å². The largest absolute Gasteiger partial charge is 0.444 e. The Morgan fingerprint density at radius 1 is 1.00 bits per heavy atom. The Morgan fingerprint density at radius 3 is 2.20 bits per heavy atom. The molecule has 0 heterocycles. The first-order chi connectivity index (χ1) is 11.7. The van der Waals surface area contributed by atoms with E-state index in [-0.39, 0.29) is 32.0 Å². The number of benzene rings is 1. The summed E-state index contributed by atoms with van der Waals surface area (Å²) in [7, 11) is 0. The SMILES string of the molecule is CC(C)(C)OC(=O)NCC(=O)NCCNC(=O)Cc1ccccc1F. The van der Waals surface area contributed by atoms with Crippen LogP contribution in [-0.2, 0) is 20.7 Å². The predicted molar refractivity (Wildman–Crippen MR) is 90.4 cm³/mol. The summed E-state index contributed by atoms with van der Waals surface area (Å²) in [5, 5.41) is 7.44. The van der Waals surface area contributed by atoms with Crippen LogP contribution in [0.4, 0.5) is 9.18 Å². The summed E-state index contributed by atoms with van der Waals surface area (Å²) in [5.41, 5.74) is -0.325. The van der Waals surface area contributed by atoms with E-state index in [1.165, 1.54) is 6.07 Å². The second-order valence-corrected chi connectivity index (χ2v) is 6.32. The van der Waals surface area contributed by atoms with E-state index in [4.69, 9.17) is 4.74 Å². The van der Waals surface area contributed by atoms with Crippen molar-refractivity contribution in [3.8, 4) is 0 Å². The number of hydrogen-bond donors (Lipinski definition) is 3. The minimum absolute atomic E-state index is 0.0686. The molecule has 25 heavy (non-hydrogen) atoms. The molecule has 0 aliphatic rings. The average Bonchev–Trinajstić information content (AvgIpc) is 2.50. The molecule has 0 aromatic heterocycles. The summed E-state index contributed by atoms with van der Waals surface area (Å²) in [6.07, 6.45) is -0.748. The van der Waals surface area contributed by atoms with Gasteiger partial charge in [-0.25, -0.2) is 9.18 Å². The third-order valence-corrected chi connectivity index (χ3v) is 2.87. The minimum atomic E-state index is -0.680. The van der Waals surface area contributed by atoms with Crippen LogP contribution >= 0.6 is 0 Å². The van der Waals surface area contributed by atoms with E-state index in [0.717, 1.165) is 0 Å². The minimum Gasteiger partial charge on any atom is -0.444 e. The van der Waals surface area contributed by atoms with Crippen molar-refractivity contribution < 1.29 is 23.5 Å². The van der Waals surface area contributed by atoms with E-state index in [2.05, 4.69) is 16.0 Å². The molecule has 0 aliphatic carbocycles. The first-order valence-corrected chi connectivity index (χ1v) is 7.91. The lowest BCUT2D eigenvalue weighted by Crippen LogP contribution is -2.42. The summed E-state index contributed by atoms with van der Waals surface area (Å²) in [4.78, 5) is 34.6. The van der Waals surface area contributed by atoms with Gasteiger partial charge >= 0.3 is 6.09 Å². The van der Waals surface area contributed by atoms with Gasteiger partial charge in [0.05, 0.1) is 13.0 Å². The first-order valence-electron chi connectivity index (χ1n) is 7.91. The van der Waals surface area contributed by atoms with Crippen LogP contribution < -0.4 is 16.0 Å². The van der Waals surface area contributed by atoms with Crippen molar-refractivity contribution in [2.24, 2.45) is 0 Å². The highest BCUT2D eigenvalue weighted by Crippen LogP contribution is 2.07. The molecule has 8 heteroatoms. The van der Waals surface area contributed by atoms with Gasteiger partial charge in [-0.3, -0.25) is 9.59 Å².